The first-order valence-corrected chi connectivity index (χ1v) is 4.16. The van der Waals surface area contributed by atoms with Crippen LogP contribution >= 0.6 is 0 Å². The molecular formula is C8H8N4O. The van der Waals surface area contributed by atoms with Gasteiger partial charge in [0.25, 0.3) is 0 Å². The summed E-state index contributed by atoms with van der Waals surface area (Å²) in [6, 6.07) is 3.73. The van der Waals surface area contributed by atoms with E-state index in [4.69, 9.17) is 4.42 Å². The molecule has 0 amide bonds. The van der Waals surface area contributed by atoms with Crippen LogP contribution in [0.4, 0.5) is 5.95 Å². The molecule has 3 heterocycles. The maximum Gasteiger partial charge on any atom is 0.225 e. The molecule has 1 N–H and O–H groups in total. The molecule has 3 rings (SSSR count). The van der Waals surface area contributed by atoms with E-state index in [1.54, 1.807) is 6.26 Å². The molecule has 2 aromatic heterocycles. The predicted molar refractivity (Wildman–Crippen MR) is 46.2 cm³/mol. The van der Waals surface area contributed by atoms with Crippen LogP contribution in [0.2, 0.25) is 0 Å². The van der Waals surface area contributed by atoms with Crippen LogP contribution in [0.25, 0.3) is 11.6 Å². The van der Waals surface area contributed by atoms with E-state index in [1.807, 2.05) is 16.7 Å². The maximum absolute atomic E-state index is 5.25. The lowest BCUT2D eigenvalue weighted by Gasteiger charge is -1.96. The van der Waals surface area contributed by atoms with Gasteiger partial charge < -0.3 is 9.73 Å². The predicted octanol–water partition coefficient (Wildman–Crippen LogP) is 0.964. The summed E-state index contributed by atoms with van der Waals surface area (Å²) in [5.74, 6) is 2.39. The fourth-order valence-electron chi connectivity index (χ4n) is 1.51. The van der Waals surface area contributed by atoms with Crippen molar-refractivity contribution in [1.29, 1.82) is 0 Å². The highest BCUT2D eigenvalue weighted by molar-refractivity contribution is 5.51. The summed E-state index contributed by atoms with van der Waals surface area (Å²) < 4.78 is 7.26. The Kier molecular flexibility index (Phi) is 1.21. The third kappa shape index (κ3) is 0.867. The first-order chi connectivity index (χ1) is 6.45. The molecule has 1 aliphatic heterocycles. The highest BCUT2D eigenvalue weighted by atomic mass is 16.3. The molecule has 0 atom stereocenters. The van der Waals surface area contributed by atoms with Crippen LogP contribution in [-0.4, -0.2) is 21.3 Å². The van der Waals surface area contributed by atoms with Crippen molar-refractivity contribution in [2.45, 2.75) is 6.54 Å². The monoisotopic (exact) mass is 176 g/mol. The number of anilines is 1. The molecule has 2 aromatic rings. The van der Waals surface area contributed by atoms with Gasteiger partial charge in [-0.1, -0.05) is 0 Å². The van der Waals surface area contributed by atoms with E-state index < -0.39 is 0 Å². The first-order valence-electron chi connectivity index (χ1n) is 4.16. The van der Waals surface area contributed by atoms with Crippen molar-refractivity contribution in [3.05, 3.63) is 18.4 Å². The largest absolute Gasteiger partial charge is 0.461 e. The maximum atomic E-state index is 5.25. The molecule has 0 aromatic carbocycles. The van der Waals surface area contributed by atoms with Crippen molar-refractivity contribution in [2.75, 3.05) is 11.9 Å². The van der Waals surface area contributed by atoms with Gasteiger partial charge >= 0.3 is 0 Å². The van der Waals surface area contributed by atoms with Gasteiger partial charge in [-0.2, -0.15) is 0 Å². The van der Waals surface area contributed by atoms with E-state index in [0.717, 1.165) is 30.6 Å². The Balaban J connectivity index is 2.16. The molecule has 0 fully saturated rings. The summed E-state index contributed by atoms with van der Waals surface area (Å²) in [5, 5.41) is 11.2. The second-order valence-electron chi connectivity index (χ2n) is 2.90. The Morgan fingerprint density at radius 1 is 1.46 bits per heavy atom. The van der Waals surface area contributed by atoms with Crippen LogP contribution < -0.4 is 5.32 Å². The van der Waals surface area contributed by atoms with Gasteiger partial charge in [0.1, 0.15) is 0 Å². The SMILES string of the molecule is c1coc(-c2nnc3n2CCN3)c1. The standard InChI is InChI=1S/C8H8N4O/c1-2-6(13-5-1)7-10-11-8-9-3-4-12(7)8/h1-2,5H,3-4H2,(H,9,11). The summed E-state index contributed by atoms with van der Waals surface area (Å²) in [4.78, 5) is 0. The first kappa shape index (κ1) is 6.71. The van der Waals surface area contributed by atoms with E-state index in [-0.39, 0.29) is 0 Å². The highest BCUT2D eigenvalue weighted by Gasteiger charge is 2.18. The van der Waals surface area contributed by atoms with Crippen molar-refractivity contribution < 1.29 is 4.42 Å². The van der Waals surface area contributed by atoms with E-state index in [2.05, 4.69) is 15.5 Å². The zero-order valence-corrected chi connectivity index (χ0v) is 6.90. The zero-order valence-electron chi connectivity index (χ0n) is 6.90. The summed E-state index contributed by atoms with van der Waals surface area (Å²) in [6.07, 6.45) is 1.64. The molecule has 0 bridgehead atoms. The minimum absolute atomic E-state index is 0.766. The number of hydrogen-bond acceptors (Lipinski definition) is 4. The number of nitrogens with zero attached hydrogens (tertiary/aromatic N) is 3. The molecule has 13 heavy (non-hydrogen) atoms. The molecule has 1 aliphatic rings. The number of nitrogens with one attached hydrogen (secondary N) is 1. The molecular weight excluding hydrogens is 168 g/mol. The van der Waals surface area contributed by atoms with Gasteiger partial charge in [-0.05, 0) is 12.1 Å². The lowest BCUT2D eigenvalue weighted by molar-refractivity contribution is 0.571. The van der Waals surface area contributed by atoms with Crippen molar-refractivity contribution >= 4 is 5.95 Å². The Labute approximate surface area is 74.4 Å². The van der Waals surface area contributed by atoms with E-state index in [0.29, 0.717) is 0 Å². The third-order valence-electron chi connectivity index (χ3n) is 2.11. The highest BCUT2D eigenvalue weighted by Crippen LogP contribution is 2.22. The lowest BCUT2D eigenvalue weighted by atomic mass is 10.4. The molecule has 66 valence electrons. The molecule has 0 unspecified atom stereocenters. The minimum atomic E-state index is 0.766. The van der Waals surface area contributed by atoms with Crippen molar-refractivity contribution in [3.63, 3.8) is 0 Å². The number of rotatable bonds is 1. The lowest BCUT2D eigenvalue weighted by Crippen LogP contribution is -1.97. The smallest absolute Gasteiger partial charge is 0.225 e. The second-order valence-corrected chi connectivity index (χ2v) is 2.90. The molecule has 0 aliphatic carbocycles. The average Bonchev–Trinajstić information content (AvgIpc) is 2.79. The average molecular weight is 176 g/mol. The van der Waals surface area contributed by atoms with Crippen LogP contribution in [0.3, 0.4) is 0 Å². The Morgan fingerprint density at radius 2 is 2.46 bits per heavy atom. The molecule has 0 spiro atoms. The molecule has 0 radical (unpaired) electrons. The number of fused-ring (bicyclic) bond motifs is 1. The van der Waals surface area contributed by atoms with Gasteiger partial charge in [-0.3, -0.25) is 4.57 Å². The van der Waals surface area contributed by atoms with E-state index in [9.17, 15) is 0 Å². The summed E-state index contributed by atoms with van der Waals surface area (Å²) in [7, 11) is 0. The van der Waals surface area contributed by atoms with E-state index in [1.165, 1.54) is 0 Å². The Hall–Kier alpha value is -1.78. The van der Waals surface area contributed by atoms with Crippen LogP contribution in [0.1, 0.15) is 0 Å². The number of furan rings is 1. The number of hydrogen-bond donors (Lipinski definition) is 1. The van der Waals surface area contributed by atoms with Gasteiger partial charge in [0.15, 0.2) is 5.76 Å². The van der Waals surface area contributed by atoms with Gasteiger partial charge in [-0.25, -0.2) is 0 Å². The summed E-state index contributed by atoms with van der Waals surface area (Å²) in [5.41, 5.74) is 0. The van der Waals surface area contributed by atoms with Gasteiger partial charge in [-0.15, -0.1) is 10.2 Å². The van der Waals surface area contributed by atoms with Crippen molar-refractivity contribution in [2.24, 2.45) is 0 Å². The molecule has 5 nitrogen and oxygen atoms in total. The minimum Gasteiger partial charge on any atom is -0.461 e. The normalized spacial score (nSPS) is 14.2. The summed E-state index contributed by atoms with van der Waals surface area (Å²) >= 11 is 0. The second kappa shape index (κ2) is 2.35. The third-order valence-corrected chi connectivity index (χ3v) is 2.11. The Bertz CT molecular complexity index is 417. The van der Waals surface area contributed by atoms with Gasteiger partial charge in [0.2, 0.25) is 11.8 Å². The quantitative estimate of drug-likeness (QED) is 0.703. The Morgan fingerprint density at radius 3 is 3.31 bits per heavy atom. The molecule has 5 heteroatoms. The summed E-state index contributed by atoms with van der Waals surface area (Å²) in [6.45, 7) is 1.82. The fourth-order valence-corrected chi connectivity index (χ4v) is 1.51. The fraction of sp³-hybridized carbons (Fsp3) is 0.250. The van der Waals surface area contributed by atoms with E-state index >= 15 is 0 Å². The molecule has 0 saturated carbocycles. The molecule has 0 saturated heterocycles. The number of aromatic nitrogens is 3. The van der Waals surface area contributed by atoms with Crippen molar-refractivity contribution in [3.8, 4) is 11.6 Å². The zero-order chi connectivity index (χ0) is 8.67. The van der Waals surface area contributed by atoms with Crippen LogP contribution in [0.15, 0.2) is 22.8 Å². The van der Waals surface area contributed by atoms with Crippen LogP contribution in [0.5, 0.6) is 0 Å². The van der Waals surface area contributed by atoms with Crippen molar-refractivity contribution in [1.82, 2.24) is 14.8 Å². The van der Waals surface area contributed by atoms with Crippen LogP contribution in [0, 0.1) is 0 Å². The topological polar surface area (TPSA) is 55.9 Å². The van der Waals surface area contributed by atoms with Gasteiger partial charge in [0.05, 0.1) is 6.26 Å². The van der Waals surface area contributed by atoms with Crippen LogP contribution in [-0.2, 0) is 6.54 Å². The van der Waals surface area contributed by atoms with Gasteiger partial charge in [0, 0.05) is 13.1 Å².